The van der Waals surface area contributed by atoms with E-state index in [-0.39, 0.29) is 0 Å². The van der Waals surface area contributed by atoms with Crippen LogP contribution in [-0.2, 0) is 0 Å². The molecule has 0 aliphatic rings. The van der Waals surface area contributed by atoms with Crippen molar-refractivity contribution in [2.45, 2.75) is 0 Å². The third-order valence-electron chi connectivity index (χ3n) is 4.65. The molecule has 0 bridgehead atoms. The molecule has 4 aromatic rings. The summed E-state index contributed by atoms with van der Waals surface area (Å²) in [6, 6.07) is 33.9. The second-order valence-corrected chi connectivity index (χ2v) is 6.65. The summed E-state index contributed by atoms with van der Waals surface area (Å²) in [5.74, 6) is 0. The predicted octanol–water partition coefficient (Wildman–Crippen LogP) is 2.07. The zero-order valence-corrected chi connectivity index (χ0v) is 16.3. The molecule has 148 valence electrons. The molecule has 0 aliphatic carbocycles. The van der Waals surface area contributed by atoms with Gasteiger partial charge in [-0.25, -0.2) is 0 Å². The van der Waals surface area contributed by atoms with E-state index >= 15 is 0 Å². The van der Waals surface area contributed by atoms with Crippen LogP contribution in [0.15, 0.2) is 109 Å². The van der Waals surface area contributed by atoms with Crippen LogP contribution in [0.1, 0.15) is 0 Å². The number of benzene rings is 4. The van der Waals surface area contributed by atoms with Crippen LogP contribution in [-0.4, -0.2) is 34.3 Å². The van der Waals surface area contributed by atoms with E-state index in [4.69, 9.17) is 0 Å². The molecule has 0 atom stereocenters. The highest BCUT2D eigenvalue weighted by atomic mass is 16.4. The lowest BCUT2D eigenvalue weighted by Crippen LogP contribution is -2.31. The van der Waals surface area contributed by atoms with Gasteiger partial charge in [0.05, 0.1) is 0 Å². The van der Waals surface area contributed by atoms with E-state index in [0.717, 1.165) is 22.3 Å². The van der Waals surface area contributed by atoms with E-state index in [1.807, 2.05) is 84.9 Å². The summed E-state index contributed by atoms with van der Waals surface area (Å²) in [6.07, 6.45) is 0. The highest BCUT2D eigenvalue weighted by Crippen LogP contribution is 2.17. The largest absolute Gasteiger partial charge is 0.489 e. The number of rotatable bonds is 4. The topological polar surface area (TPSA) is 80.9 Å². The molecule has 0 fully saturated rings. The Kier molecular flexibility index (Phi) is 7.60. The van der Waals surface area contributed by atoms with Crippen molar-refractivity contribution in [2.24, 2.45) is 0 Å². The smallest absolute Gasteiger partial charge is 0.423 e. The lowest BCUT2D eigenvalue weighted by atomic mass is 9.75. The Balaban J connectivity index is 0.000000171. The van der Waals surface area contributed by atoms with Crippen molar-refractivity contribution in [2.75, 3.05) is 0 Å². The molecule has 0 unspecified atom stereocenters. The Morgan fingerprint density at radius 3 is 1.00 bits per heavy atom. The Morgan fingerprint density at radius 1 is 0.367 bits per heavy atom. The van der Waals surface area contributed by atoms with Crippen LogP contribution in [0, 0.1) is 0 Å². The molecule has 0 radical (unpaired) electrons. The highest BCUT2D eigenvalue weighted by molar-refractivity contribution is 6.61. The van der Waals surface area contributed by atoms with Crippen LogP contribution in [0.25, 0.3) is 22.3 Å². The van der Waals surface area contributed by atoms with Crippen LogP contribution >= 0.6 is 0 Å². The van der Waals surface area contributed by atoms with E-state index in [0.29, 0.717) is 10.9 Å². The van der Waals surface area contributed by atoms with E-state index in [1.165, 1.54) is 0 Å². The Hall–Kier alpha value is -3.15. The molecule has 0 saturated carbocycles. The lowest BCUT2D eigenvalue weighted by molar-refractivity contribution is 0.424. The quantitative estimate of drug-likeness (QED) is 0.399. The summed E-state index contributed by atoms with van der Waals surface area (Å²) in [7, 11) is -2.86. The third kappa shape index (κ3) is 5.47. The normalized spacial score (nSPS) is 10.0. The van der Waals surface area contributed by atoms with E-state index in [9.17, 15) is 20.1 Å². The first-order valence-electron chi connectivity index (χ1n) is 9.59. The summed E-state index contributed by atoms with van der Waals surface area (Å²) in [5.41, 5.74) is 4.75. The lowest BCUT2D eigenvalue weighted by Gasteiger charge is -2.08. The van der Waals surface area contributed by atoms with Gasteiger partial charge in [0.25, 0.3) is 0 Å². The molecule has 4 N–H and O–H groups in total. The molecule has 4 aromatic carbocycles. The Labute approximate surface area is 177 Å². The summed E-state index contributed by atoms with van der Waals surface area (Å²) in [5, 5.41) is 36.9. The van der Waals surface area contributed by atoms with Crippen molar-refractivity contribution in [1.82, 2.24) is 0 Å². The molecule has 0 aliphatic heterocycles. The fourth-order valence-electron chi connectivity index (χ4n) is 3.21. The summed E-state index contributed by atoms with van der Waals surface area (Å²) < 4.78 is 0. The van der Waals surface area contributed by atoms with Crippen LogP contribution in [0.5, 0.6) is 0 Å². The molecule has 0 spiro atoms. The van der Waals surface area contributed by atoms with Crippen molar-refractivity contribution in [1.29, 1.82) is 0 Å². The zero-order valence-electron chi connectivity index (χ0n) is 16.3. The molecule has 6 heteroatoms. The van der Waals surface area contributed by atoms with Gasteiger partial charge in [-0.05, 0) is 33.2 Å². The SMILES string of the molecule is OB(O)c1ccccc1-c1ccccc1.OB(O)c1ccccc1-c1ccccc1. The standard InChI is InChI=1S/2C12H11BO2/c2*14-13(15)12-9-5-4-8-11(12)10-6-2-1-3-7-10/h2*1-9,14-15H. The van der Waals surface area contributed by atoms with Crippen LogP contribution in [0.3, 0.4) is 0 Å². The van der Waals surface area contributed by atoms with Crippen molar-refractivity contribution >= 4 is 25.2 Å². The first-order valence-corrected chi connectivity index (χ1v) is 9.59. The molecule has 0 amide bonds. The molecule has 0 aromatic heterocycles. The van der Waals surface area contributed by atoms with Crippen LogP contribution < -0.4 is 10.9 Å². The number of hydrogen-bond acceptors (Lipinski definition) is 4. The molecular weight excluding hydrogens is 374 g/mol. The van der Waals surface area contributed by atoms with Crippen molar-refractivity contribution in [3.05, 3.63) is 109 Å². The minimum Gasteiger partial charge on any atom is -0.423 e. The average molecular weight is 396 g/mol. The van der Waals surface area contributed by atoms with Gasteiger partial charge in [0.15, 0.2) is 0 Å². The van der Waals surface area contributed by atoms with E-state index < -0.39 is 14.2 Å². The van der Waals surface area contributed by atoms with Gasteiger partial charge in [0, 0.05) is 0 Å². The molecule has 0 heterocycles. The monoisotopic (exact) mass is 396 g/mol. The fourth-order valence-corrected chi connectivity index (χ4v) is 3.21. The second kappa shape index (κ2) is 10.6. The van der Waals surface area contributed by atoms with E-state index in [1.54, 1.807) is 24.3 Å². The predicted molar refractivity (Wildman–Crippen MR) is 123 cm³/mol. The van der Waals surface area contributed by atoms with Gasteiger partial charge >= 0.3 is 14.2 Å². The minimum atomic E-state index is -1.43. The molecular formula is C24H22B2O4. The van der Waals surface area contributed by atoms with Gasteiger partial charge in [0.1, 0.15) is 0 Å². The van der Waals surface area contributed by atoms with Gasteiger partial charge in [-0.15, -0.1) is 0 Å². The average Bonchev–Trinajstić information content (AvgIpc) is 2.80. The zero-order chi connectivity index (χ0) is 21.3. The van der Waals surface area contributed by atoms with Crippen LogP contribution in [0.4, 0.5) is 0 Å². The summed E-state index contributed by atoms with van der Waals surface area (Å²) in [4.78, 5) is 0. The maximum absolute atomic E-state index is 9.22. The van der Waals surface area contributed by atoms with Gasteiger partial charge < -0.3 is 20.1 Å². The van der Waals surface area contributed by atoms with Crippen molar-refractivity contribution in [3.8, 4) is 22.3 Å². The maximum Gasteiger partial charge on any atom is 0.489 e. The maximum atomic E-state index is 9.22. The number of hydrogen-bond donors (Lipinski definition) is 4. The second-order valence-electron chi connectivity index (χ2n) is 6.65. The van der Waals surface area contributed by atoms with Gasteiger partial charge in [-0.2, -0.15) is 0 Å². The molecule has 0 saturated heterocycles. The van der Waals surface area contributed by atoms with Crippen molar-refractivity contribution in [3.63, 3.8) is 0 Å². The summed E-state index contributed by atoms with van der Waals surface area (Å²) in [6.45, 7) is 0. The molecule has 4 rings (SSSR count). The van der Waals surface area contributed by atoms with Crippen LogP contribution in [0.2, 0.25) is 0 Å². The summed E-state index contributed by atoms with van der Waals surface area (Å²) >= 11 is 0. The first-order chi connectivity index (χ1) is 14.6. The van der Waals surface area contributed by atoms with E-state index in [2.05, 4.69) is 0 Å². The fraction of sp³-hybridized carbons (Fsp3) is 0. The minimum absolute atomic E-state index is 0.531. The molecule has 30 heavy (non-hydrogen) atoms. The Morgan fingerprint density at radius 2 is 0.667 bits per heavy atom. The van der Waals surface area contributed by atoms with Crippen molar-refractivity contribution < 1.29 is 20.1 Å². The Bertz CT molecular complexity index is 968. The molecule has 4 nitrogen and oxygen atoms in total. The van der Waals surface area contributed by atoms with Gasteiger partial charge in [-0.1, -0.05) is 109 Å². The highest BCUT2D eigenvalue weighted by Gasteiger charge is 2.16. The third-order valence-corrected chi connectivity index (χ3v) is 4.65. The van der Waals surface area contributed by atoms with Gasteiger partial charge in [-0.3, -0.25) is 0 Å². The first kappa shape index (κ1) is 21.6. The van der Waals surface area contributed by atoms with Gasteiger partial charge in [0.2, 0.25) is 0 Å².